The lowest BCUT2D eigenvalue weighted by Gasteiger charge is -2.42. The molecule has 4 rings (SSSR count). The Bertz CT molecular complexity index is 765. The van der Waals surface area contributed by atoms with Crippen LogP contribution in [0.5, 0.6) is 0 Å². The van der Waals surface area contributed by atoms with E-state index in [0.717, 1.165) is 38.5 Å². The van der Waals surface area contributed by atoms with E-state index in [1.54, 1.807) is 23.1 Å². The van der Waals surface area contributed by atoms with Crippen LogP contribution in [0.3, 0.4) is 0 Å². The second kappa shape index (κ2) is 8.92. The summed E-state index contributed by atoms with van der Waals surface area (Å²) in [6.07, 6.45) is 6.03. The molecule has 0 saturated carbocycles. The molecule has 30 heavy (non-hydrogen) atoms. The topological polar surface area (TPSA) is 53.1 Å². The summed E-state index contributed by atoms with van der Waals surface area (Å²) in [4.78, 5) is 30.6. The number of fused-ring (bicyclic) bond motifs is 2. The zero-order valence-corrected chi connectivity index (χ0v) is 17.9. The van der Waals surface area contributed by atoms with Crippen LogP contribution in [-0.4, -0.2) is 78.1 Å². The second-order valence-electron chi connectivity index (χ2n) is 9.05. The van der Waals surface area contributed by atoms with Crippen molar-refractivity contribution < 1.29 is 18.7 Å². The average Bonchev–Trinajstić information content (AvgIpc) is 2.99. The third-order valence-electron chi connectivity index (χ3n) is 6.77. The first-order chi connectivity index (χ1) is 14.4. The molecule has 0 spiro atoms. The van der Waals surface area contributed by atoms with E-state index < -0.39 is 0 Å². The largest absolute Gasteiger partial charge is 0.375 e. The molecule has 7 heteroatoms. The van der Waals surface area contributed by atoms with Gasteiger partial charge in [-0.1, -0.05) is 18.2 Å². The maximum absolute atomic E-state index is 13.8. The van der Waals surface area contributed by atoms with Gasteiger partial charge in [0.05, 0.1) is 18.6 Å². The standard InChI is InChI=1S/C23H32FN3O3/c1-25(2)23(29)27-17-7-8-18(27)15-20(14-17)30-19-9-11-26(12-10-19)22(28)13-16-5-3-4-6-21(16)24/h3-6,17-20H,7-15H2,1-2H3/t17-,18+,20?. The van der Waals surface area contributed by atoms with Crippen molar-refractivity contribution in [2.45, 2.75) is 69.2 Å². The molecular formula is C23H32FN3O3. The maximum atomic E-state index is 13.8. The minimum atomic E-state index is -0.321. The number of ether oxygens (including phenoxy) is 1. The SMILES string of the molecule is CN(C)C(=O)N1[C@@H]2CC[C@H]1CC(OC1CCN(C(=O)Cc3ccccc3F)CC1)C2. The second-order valence-corrected chi connectivity index (χ2v) is 9.05. The molecular weight excluding hydrogens is 385 g/mol. The van der Waals surface area contributed by atoms with Gasteiger partial charge in [-0.15, -0.1) is 0 Å². The summed E-state index contributed by atoms with van der Waals surface area (Å²) in [7, 11) is 3.62. The summed E-state index contributed by atoms with van der Waals surface area (Å²) in [6, 6.07) is 7.15. The predicted octanol–water partition coefficient (Wildman–Crippen LogP) is 3.05. The van der Waals surface area contributed by atoms with Crippen molar-refractivity contribution in [3.8, 4) is 0 Å². The van der Waals surface area contributed by atoms with E-state index in [0.29, 0.717) is 18.7 Å². The van der Waals surface area contributed by atoms with Crippen LogP contribution in [0.4, 0.5) is 9.18 Å². The highest BCUT2D eigenvalue weighted by atomic mass is 19.1. The summed E-state index contributed by atoms with van der Waals surface area (Å²) in [5, 5.41) is 0. The fraction of sp³-hybridized carbons (Fsp3) is 0.652. The Morgan fingerprint density at radius 3 is 2.27 bits per heavy atom. The molecule has 3 aliphatic heterocycles. The first-order valence-electron chi connectivity index (χ1n) is 11.1. The highest BCUT2D eigenvalue weighted by molar-refractivity contribution is 5.79. The van der Waals surface area contributed by atoms with Gasteiger partial charge in [0.25, 0.3) is 0 Å². The van der Waals surface area contributed by atoms with Crippen LogP contribution >= 0.6 is 0 Å². The molecule has 1 unspecified atom stereocenters. The summed E-state index contributed by atoms with van der Waals surface area (Å²) < 4.78 is 20.2. The molecule has 3 amide bonds. The summed E-state index contributed by atoms with van der Waals surface area (Å²) in [6.45, 7) is 1.31. The fourth-order valence-corrected chi connectivity index (χ4v) is 5.21. The van der Waals surface area contributed by atoms with Crippen molar-refractivity contribution in [2.75, 3.05) is 27.2 Å². The Kier molecular flexibility index (Phi) is 6.27. The number of carbonyl (C=O) groups is 2. The number of amides is 3. The van der Waals surface area contributed by atoms with E-state index in [2.05, 4.69) is 4.90 Å². The monoisotopic (exact) mass is 417 g/mol. The van der Waals surface area contributed by atoms with Crippen molar-refractivity contribution >= 4 is 11.9 Å². The molecule has 0 aromatic heterocycles. The Labute approximate surface area is 177 Å². The lowest BCUT2D eigenvalue weighted by atomic mass is 9.98. The average molecular weight is 418 g/mol. The zero-order chi connectivity index (χ0) is 21.3. The summed E-state index contributed by atoms with van der Waals surface area (Å²) in [5.74, 6) is -0.343. The molecule has 0 aliphatic carbocycles. The molecule has 3 atom stereocenters. The van der Waals surface area contributed by atoms with Gasteiger partial charge in [-0.3, -0.25) is 4.79 Å². The van der Waals surface area contributed by atoms with Crippen LogP contribution in [0.1, 0.15) is 44.1 Å². The fourth-order valence-electron chi connectivity index (χ4n) is 5.21. The van der Waals surface area contributed by atoms with E-state index in [-0.39, 0.29) is 48.5 Å². The number of nitrogens with zero attached hydrogens (tertiary/aromatic N) is 3. The van der Waals surface area contributed by atoms with Crippen LogP contribution in [0.15, 0.2) is 24.3 Å². The van der Waals surface area contributed by atoms with Crippen LogP contribution in [-0.2, 0) is 16.0 Å². The molecule has 0 N–H and O–H groups in total. The van der Waals surface area contributed by atoms with E-state index >= 15 is 0 Å². The zero-order valence-electron chi connectivity index (χ0n) is 17.9. The number of piperidine rings is 2. The molecule has 164 valence electrons. The third kappa shape index (κ3) is 4.46. The normalized spacial score (nSPS) is 26.7. The van der Waals surface area contributed by atoms with Crippen molar-refractivity contribution in [1.82, 2.24) is 14.7 Å². The molecule has 1 aromatic carbocycles. The van der Waals surface area contributed by atoms with E-state index in [4.69, 9.17) is 4.74 Å². The van der Waals surface area contributed by atoms with Crippen LogP contribution in [0.25, 0.3) is 0 Å². The van der Waals surface area contributed by atoms with Crippen LogP contribution < -0.4 is 0 Å². The highest BCUT2D eigenvalue weighted by Gasteiger charge is 2.44. The van der Waals surface area contributed by atoms with Gasteiger partial charge in [0.2, 0.25) is 5.91 Å². The number of hydrogen-bond acceptors (Lipinski definition) is 3. The molecule has 0 radical (unpaired) electrons. The summed E-state index contributed by atoms with van der Waals surface area (Å²) in [5.41, 5.74) is 0.454. The smallest absolute Gasteiger partial charge is 0.319 e. The van der Waals surface area contributed by atoms with Gasteiger partial charge in [-0.2, -0.15) is 0 Å². The van der Waals surface area contributed by atoms with E-state index in [9.17, 15) is 14.0 Å². The first-order valence-corrected chi connectivity index (χ1v) is 11.1. The molecule has 3 saturated heterocycles. The first kappa shape index (κ1) is 21.1. The molecule has 6 nitrogen and oxygen atoms in total. The number of halogens is 1. The quantitative estimate of drug-likeness (QED) is 0.757. The highest BCUT2D eigenvalue weighted by Crippen LogP contribution is 2.38. The minimum Gasteiger partial charge on any atom is -0.375 e. The molecule has 3 aliphatic rings. The molecule has 3 fully saturated rings. The lowest BCUT2D eigenvalue weighted by molar-refractivity contribution is -0.134. The maximum Gasteiger partial charge on any atom is 0.319 e. The Morgan fingerprint density at radius 2 is 1.67 bits per heavy atom. The van der Waals surface area contributed by atoms with Crippen molar-refractivity contribution in [3.05, 3.63) is 35.6 Å². The molecule has 2 bridgehead atoms. The predicted molar refractivity (Wildman–Crippen MR) is 112 cm³/mol. The Hall–Kier alpha value is -2.15. The van der Waals surface area contributed by atoms with Gasteiger partial charge in [0.15, 0.2) is 0 Å². The Balaban J connectivity index is 1.24. The lowest BCUT2D eigenvalue weighted by Crippen LogP contribution is -2.52. The van der Waals surface area contributed by atoms with Gasteiger partial charge in [-0.25, -0.2) is 9.18 Å². The van der Waals surface area contributed by atoms with Gasteiger partial charge in [-0.05, 0) is 50.2 Å². The number of urea groups is 1. The van der Waals surface area contributed by atoms with Crippen molar-refractivity contribution in [1.29, 1.82) is 0 Å². The van der Waals surface area contributed by atoms with Crippen molar-refractivity contribution in [2.24, 2.45) is 0 Å². The van der Waals surface area contributed by atoms with Gasteiger partial charge >= 0.3 is 6.03 Å². The van der Waals surface area contributed by atoms with E-state index in [1.807, 2.05) is 19.0 Å². The van der Waals surface area contributed by atoms with Gasteiger partial charge in [0, 0.05) is 39.3 Å². The molecule has 1 aromatic rings. The van der Waals surface area contributed by atoms with E-state index in [1.165, 1.54) is 6.07 Å². The number of rotatable bonds is 4. The van der Waals surface area contributed by atoms with Crippen LogP contribution in [0, 0.1) is 5.82 Å². The minimum absolute atomic E-state index is 0.0212. The Morgan fingerprint density at radius 1 is 1.03 bits per heavy atom. The third-order valence-corrected chi connectivity index (χ3v) is 6.77. The number of benzene rings is 1. The number of hydrogen-bond donors (Lipinski definition) is 0. The molecule has 3 heterocycles. The van der Waals surface area contributed by atoms with Gasteiger partial charge in [0.1, 0.15) is 5.82 Å². The van der Waals surface area contributed by atoms with Crippen molar-refractivity contribution in [3.63, 3.8) is 0 Å². The number of likely N-dealkylation sites (tertiary alicyclic amines) is 1. The van der Waals surface area contributed by atoms with Gasteiger partial charge < -0.3 is 19.4 Å². The number of carbonyl (C=O) groups excluding carboxylic acids is 2. The van der Waals surface area contributed by atoms with Crippen LogP contribution in [0.2, 0.25) is 0 Å². The summed E-state index contributed by atoms with van der Waals surface area (Å²) >= 11 is 0.